The summed E-state index contributed by atoms with van der Waals surface area (Å²) >= 11 is 0. The Kier molecular flexibility index (Phi) is 6.27. The van der Waals surface area contributed by atoms with Crippen molar-refractivity contribution in [3.05, 3.63) is 36.4 Å². The highest BCUT2D eigenvalue weighted by Crippen LogP contribution is 2.28. The summed E-state index contributed by atoms with van der Waals surface area (Å²) in [6.07, 6.45) is 0. The molecule has 4 nitrogen and oxygen atoms in total. The minimum absolute atomic E-state index is 0.586. The molecule has 0 aliphatic rings. The van der Waals surface area contributed by atoms with Gasteiger partial charge in [-0.3, -0.25) is 0 Å². The van der Waals surface area contributed by atoms with Crippen molar-refractivity contribution in [3.63, 3.8) is 0 Å². The van der Waals surface area contributed by atoms with Gasteiger partial charge >= 0.3 is 0 Å². The number of aromatic nitrogens is 1. The average molecular weight is 314 g/mol. The number of nitrogens with zero attached hydrogens (tertiary/aromatic N) is 2. The van der Waals surface area contributed by atoms with Crippen molar-refractivity contribution in [2.24, 2.45) is 0 Å². The van der Waals surface area contributed by atoms with Gasteiger partial charge in [-0.25, -0.2) is 0 Å². The van der Waals surface area contributed by atoms with Gasteiger partial charge in [0, 0.05) is 30.9 Å². The fraction of sp³-hybridized carbons (Fsp3) is 0.421. The largest absolute Gasteiger partial charge is 0.478 e. The minimum atomic E-state index is 0.586. The van der Waals surface area contributed by atoms with Crippen LogP contribution in [-0.2, 0) is 0 Å². The van der Waals surface area contributed by atoms with E-state index in [0.717, 1.165) is 24.2 Å². The first-order valence-corrected chi connectivity index (χ1v) is 8.34. The lowest BCUT2D eigenvalue weighted by Crippen LogP contribution is -2.21. The van der Waals surface area contributed by atoms with Gasteiger partial charge in [-0.15, -0.1) is 0 Å². The summed E-state index contributed by atoms with van der Waals surface area (Å²) in [5, 5.41) is 0. The Morgan fingerprint density at radius 3 is 1.74 bits per heavy atom. The van der Waals surface area contributed by atoms with E-state index in [2.05, 4.69) is 48.0 Å². The van der Waals surface area contributed by atoms with Crippen LogP contribution in [0.3, 0.4) is 0 Å². The monoisotopic (exact) mass is 314 g/mol. The van der Waals surface area contributed by atoms with E-state index in [1.54, 1.807) is 0 Å². The number of anilines is 1. The molecule has 0 radical (unpaired) electrons. The molecule has 0 saturated heterocycles. The van der Waals surface area contributed by atoms with Crippen molar-refractivity contribution < 1.29 is 9.47 Å². The Hall–Kier alpha value is -2.23. The van der Waals surface area contributed by atoms with E-state index < -0.39 is 0 Å². The molecule has 0 bridgehead atoms. The molecule has 1 aromatic heterocycles. The number of benzene rings is 1. The highest BCUT2D eigenvalue weighted by Gasteiger charge is 2.08. The molecule has 0 spiro atoms. The van der Waals surface area contributed by atoms with Gasteiger partial charge in [0.25, 0.3) is 0 Å². The van der Waals surface area contributed by atoms with Crippen LogP contribution in [0.25, 0.3) is 11.1 Å². The lowest BCUT2D eigenvalue weighted by Gasteiger charge is -2.21. The molecule has 0 amide bonds. The maximum absolute atomic E-state index is 5.55. The highest BCUT2D eigenvalue weighted by atomic mass is 16.5. The van der Waals surface area contributed by atoms with E-state index in [0.29, 0.717) is 25.0 Å². The highest BCUT2D eigenvalue weighted by molar-refractivity contribution is 5.68. The van der Waals surface area contributed by atoms with Crippen LogP contribution < -0.4 is 14.4 Å². The summed E-state index contributed by atoms with van der Waals surface area (Å²) in [7, 11) is 0. The molecule has 2 aromatic rings. The second-order valence-corrected chi connectivity index (χ2v) is 5.12. The molecule has 23 heavy (non-hydrogen) atoms. The van der Waals surface area contributed by atoms with E-state index in [1.165, 1.54) is 5.69 Å². The Morgan fingerprint density at radius 1 is 0.783 bits per heavy atom. The SMILES string of the molecule is CCOc1cc(-c2ccc(N(CC)CC)cc2)cc(OCC)n1. The van der Waals surface area contributed by atoms with Crippen LogP contribution in [0, 0.1) is 0 Å². The number of ether oxygens (including phenoxy) is 2. The number of pyridine rings is 1. The lowest BCUT2D eigenvalue weighted by molar-refractivity contribution is 0.299. The predicted molar refractivity (Wildman–Crippen MR) is 95.6 cm³/mol. The third-order valence-corrected chi connectivity index (χ3v) is 3.69. The van der Waals surface area contributed by atoms with Crippen molar-refractivity contribution in [2.45, 2.75) is 27.7 Å². The van der Waals surface area contributed by atoms with Crippen molar-refractivity contribution in [1.29, 1.82) is 0 Å². The van der Waals surface area contributed by atoms with Crippen LogP contribution >= 0.6 is 0 Å². The Morgan fingerprint density at radius 2 is 1.30 bits per heavy atom. The zero-order valence-corrected chi connectivity index (χ0v) is 14.5. The van der Waals surface area contributed by atoms with Crippen LogP contribution in [0.15, 0.2) is 36.4 Å². The quantitative estimate of drug-likeness (QED) is 0.723. The van der Waals surface area contributed by atoms with E-state index >= 15 is 0 Å². The van der Waals surface area contributed by atoms with Crippen molar-refractivity contribution >= 4 is 5.69 Å². The number of hydrogen-bond donors (Lipinski definition) is 0. The maximum atomic E-state index is 5.55. The topological polar surface area (TPSA) is 34.6 Å². The van der Waals surface area contributed by atoms with Crippen LogP contribution in [0.1, 0.15) is 27.7 Å². The van der Waals surface area contributed by atoms with Gasteiger partial charge in [-0.05, 0) is 51.0 Å². The first-order chi connectivity index (χ1) is 11.2. The fourth-order valence-corrected chi connectivity index (χ4v) is 2.54. The van der Waals surface area contributed by atoms with Gasteiger partial charge in [0.15, 0.2) is 0 Å². The van der Waals surface area contributed by atoms with Gasteiger partial charge < -0.3 is 14.4 Å². The summed E-state index contributed by atoms with van der Waals surface area (Å²) in [5.74, 6) is 1.20. The van der Waals surface area contributed by atoms with Crippen LogP contribution in [0.4, 0.5) is 5.69 Å². The van der Waals surface area contributed by atoms with E-state index in [1.807, 2.05) is 26.0 Å². The Labute approximate surface area is 139 Å². The zero-order chi connectivity index (χ0) is 16.7. The Bertz CT molecular complexity index is 583. The molecule has 0 saturated carbocycles. The average Bonchev–Trinajstić information content (AvgIpc) is 2.57. The summed E-state index contributed by atoms with van der Waals surface area (Å²) < 4.78 is 11.1. The second-order valence-electron chi connectivity index (χ2n) is 5.12. The normalized spacial score (nSPS) is 10.4. The molecule has 0 fully saturated rings. The molecule has 4 heteroatoms. The summed E-state index contributed by atoms with van der Waals surface area (Å²) in [6.45, 7) is 11.4. The lowest BCUT2D eigenvalue weighted by atomic mass is 10.1. The summed E-state index contributed by atoms with van der Waals surface area (Å²) in [4.78, 5) is 6.68. The first-order valence-electron chi connectivity index (χ1n) is 8.34. The van der Waals surface area contributed by atoms with Gasteiger partial charge in [-0.1, -0.05) is 12.1 Å². The van der Waals surface area contributed by atoms with Crippen LogP contribution in [0.5, 0.6) is 11.8 Å². The molecular weight excluding hydrogens is 288 g/mol. The molecule has 0 aliphatic heterocycles. The number of hydrogen-bond acceptors (Lipinski definition) is 4. The van der Waals surface area contributed by atoms with Crippen LogP contribution in [0.2, 0.25) is 0 Å². The molecule has 0 N–H and O–H groups in total. The smallest absolute Gasteiger partial charge is 0.217 e. The van der Waals surface area contributed by atoms with Gasteiger partial charge in [0.2, 0.25) is 11.8 Å². The van der Waals surface area contributed by atoms with Crippen LogP contribution in [-0.4, -0.2) is 31.3 Å². The molecule has 0 aliphatic carbocycles. The maximum Gasteiger partial charge on any atom is 0.217 e. The third kappa shape index (κ3) is 4.38. The first kappa shape index (κ1) is 17.1. The van der Waals surface area contributed by atoms with Crippen molar-refractivity contribution in [3.8, 4) is 22.9 Å². The van der Waals surface area contributed by atoms with Crippen molar-refractivity contribution in [2.75, 3.05) is 31.2 Å². The minimum Gasteiger partial charge on any atom is -0.478 e. The fourth-order valence-electron chi connectivity index (χ4n) is 2.54. The molecule has 2 rings (SSSR count). The molecule has 0 unspecified atom stereocenters. The van der Waals surface area contributed by atoms with Gasteiger partial charge in [-0.2, -0.15) is 4.98 Å². The van der Waals surface area contributed by atoms with E-state index in [4.69, 9.17) is 9.47 Å². The predicted octanol–water partition coefficient (Wildman–Crippen LogP) is 4.39. The van der Waals surface area contributed by atoms with E-state index in [9.17, 15) is 0 Å². The molecule has 1 aromatic carbocycles. The van der Waals surface area contributed by atoms with Crippen molar-refractivity contribution in [1.82, 2.24) is 4.98 Å². The summed E-state index contributed by atoms with van der Waals surface area (Å²) in [5.41, 5.74) is 3.42. The van der Waals surface area contributed by atoms with Gasteiger partial charge in [0.05, 0.1) is 13.2 Å². The zero-order valence-electron chi connectivity index (χ0n) is 14.5. The Balaban J connectivity index is 2.32. The summed E-state index contributed by atoms with van der Waals surface area (Å²) in [6, 6.07) is 12.5. The molecule has 1 heterocycles. The molecular formula is C19H26N2O2. The second kappa shape index (κ2) is 8.42. The standard InChI is InChI=1S/C19H26N2O2/c1-5-21(6-2)17-11-9-15(10-12-17)16-13-18(22-7-3)20-19(14-16)23-8-4/h9-14H,5-8H2,1-4H3. The molecule has 0 atom stereocenters. The third-order valence-electron chi connectivity index (χ3n) is 3.69. The number of rotatable bonds is 8. The molecule has 124 valence electrons. The van der Waals surface area contributed by atoms with E-state index in [-0.39, 0.29) is 0 Å². The van der Waals surface area contributed by atoms with Gasteiger partial charge in [0.1, 0.15) is 0 Å².